The third kappa shape index (κ3) is 1.72. The van der Waals surface area contributed by atoms with Crippen LogP contribution in [0.25, 0.3) is 5.82 Å². The number of hydrogen-bond acceptors (Lipinski definition) is 4. The van der Waals surface area contributed by atoms with Crippen LogP contribution in [0.3, 0.4) is 0 Å². The van der Waals surface area contributed by atoms with E-state index in [4.69, 9.17) is 10.9 Å². The topological polar surface area (TPSA) is 89.3 Å². The van der Waals surface area contributed by atoms with Gasteiger partial charge in [0.15, 0.2) is 5.84 Å². The maximum atomic E-state index is 8.59. The van der Waals surface area contributed by atoms with Gasteiger partial charge in [-0.25, -0.2) is 9.97 Å². The number of rotatable bonds is 2. The molecule has 0 unspecified atom stereocenters. The van der Waals surface area contributed by atoms with Crippen LogP contribution in [0.4, 0.5) is 0 Å². The molecule has 0 amide bonds. The number of hydrogen-bond donors (Lipinski definition) is 2. The summed E-state index contributed by atoms with van der Waals surface area (Å²) in [5.74, 6) is 1.56. The first-order chi connectivity index (χ1) is 7.72. The van der Waals surface area contributed by atoms with Crippen LogP contribution >= 0.6 is 0 Å². The molecule has 6 heteroatoms. The molecule has 0 aliphatic heterocycles. The molecule has 16 heavy (non-hydrogen) atoms. The summed E-state index contributed by atoms with van der Waals surface area (Å²) in [5.41, 5.74) is 6.11. The fourth-order valence-electron chi connectivity index (χ4n) is 1.39. The van der Waals surface area contributed by atoms with Crippen LogP contribution in [-0.4, -0.2) is 25.6 Å². The molecule has 0 radical (unpaired) electrons. The highest BCUT2D eigenvalue weighted by Gasteiger charge is 2.05. The summed E-state index contributed by atoms with van der Waals surface area (Å²) in [4.78, 5) is 8.29. The number of pyridine rings is 1. The van der Waals surface area contributed by atoms with E-state index >= 15 is 0 Å². The molecule has 2 rings (SSSR count). The SMILES string of the molecule is Cc1nccn1-c1cc(/C(N)=N/O)ccn1. The lowest BCUT2D eigenvalue weighted by Crippen LogP contribution is -2.14. The van der Waals surface area contributed by atoms with Crippen molar-refractivity contribution in [2.24, 2.45) is 10.9 Å². The molecule has 6 nitrogen and oxygen atoms in total. The third-order valence-corrected chi connectivity index (χ3v) is 2.22. The zero-order chi connectivity index (χ0) is 11.5. The fraction of sp³-hybridized carbons (Fsp3) is 0.100. The lowest BCUT2D eigenvalue weighted by Gasteiger charge is -2.05. The maximum Gasteiger partial charge on any atom is 0.170 e. The second-order valence-corrected chi connectivity index (χ2v) is 3.23. The highest BCUT2D eigenvalue weighted by molar-refractivity contribution is 5.97. The molecular formula is C10H11N5O. The smallest absolute Gasteiger partial charge is 0.170 e. The van der Waals surface area contributed by atoms with Gasteiger partial charge >= 0.3 is 0 Å². The van der Waals surface area contributed by atoms with Crippen molar-refractivity contribution in [1.29, 1.82) is 0 Å². The molecule has 0 aliphatic carbocycles. The quantitative estimate of drug-likeness (QED) is 0.335. The summed E-state index contributed by atoms with van der Waals surface area (Å²) >= 11 is 0. The lowest BCUT2D eigenvalue weighted by molar-refractivity contribution is 0.318. The Labute approximate surface area is 92.1 Å². The normalized spacial score (nSPS) is 11.7. The van der Waals surface area contributed by atoms with Gasteiger partial charge in [0, 0.05) is 24.2 Å². The summed E-state index contributed by atoms with van der Waals surface area (Å²) < 4.78 is 1.81. The summed E-state index contributed by atoms with van der Waals surface area (Å²) in [6.07, 6.45) is 5.09. The van der Waals surface area contributed by atoms with Crippen molar-refractivity contribution < 1.29 is 5.21 Å². The van der Waals surface area contributed by atoms with Crippen molar-refractivity contribution in [3.63, 3.8) is 0 Å². The number of aryl methyl sites for hydroxylation is 1. The molecular weight excluding hydrogens is 206 g/mol. The Bertz CT molecular complexity index is 532. The van der Waals surface area contributed by atoms with E-state index in [2.05, 4.69) is 15.1 Å². The number of aromatic nitrogens is 3. The zero-order valence-electron chi connectivity index (χ0n) is 8.70. The van der Waals surface area contributed by atoms with E-state index in [0.717, 1.165) is 5.82 Å². The Morgan fingerprint density at radius 2 is 2.25 bits per heavy atom. The van der Waals surface area contributed by atoms with Crippen LogP contribution in [0, 0.1) is 6.92 Å². The van der Waals surface area contributed by atoms with E-state index in [1.54, 1.807) is 30.7 Å². The minimum atomic E-state index is 0.0569. The maximum absolute atomic E-state index is 8.59. The average molecular weight is 217 g/mol. The molecule has 2 aromatic rings. The molecule has 0 bridgehead atoms. The molecule has 0 fully saturated rings. The number of oxime groups is 1. The Hall–Kier alpha value is -2.37. The summed E-state index contributed by atoms with van der Waals surface area (Å²) in [5, 5.41) is 11.5. The largest absolute Gasteiger partial charge is 0.409 e. The van der Waals surface area contributed by atoms with E-state index in [1.165, 1.54) is 0 Å². The van der Waals surface area contributed by atoms with Crippen LogP contribution in [0.5, 0.6) is 0 Å². The van der Waals surface area contributed by atoms with Crippen LogP contribution < -0.4 is 5.73 Å². The van der Waals surface area contributed by atoms with Gasteiger partial charge in [-0.1, -0.05) is 5.16 Å². The second kappa shape index (κ2) is 4.01. The minimum absolute atomic E-state index is 0.0569. The highest BCUT2D eigenvalue weighted by Crippen LogP contribution is 2.09. The first-order valence-corrected chi connectivity index (χ1v) is 4.66. The third-order valence-electron chi connectivity index (χ3n) is 2.22. The molecule has 3 N–H and O–H groups in total. The average Bonchev–Trinajstić information content (AvgIpc) is 2.74. The molecule has 82 valence electrons. The van der Waals surface area contributed by atoms with Crippen molar-refractivity contribution in [2.45, 2.75) is 6.92 Å². The van der Waals surface area contributed by atoms with Gasteiger partial charge in [-0.15, -0.1) is 0 Å². The van der Waals surface area contributed by atoms with Crippen molar-refractivity contribution in [2.75, 3.05) is 0 Å². The van der Waals surface area contributed by atoms with Crippen LogP contribution in [-0.2, 0) is 0 Å². The number of imidazole rings is 1. The van der Waals surface area contributed by atoms with Gasteiger partial charge in [-0.3, -0.25) is 4.57 Å². The first kappa shape index (κ1) is 10.2. The van der Waals surface area contributed by atoms with E-state index < -0.39 is 0 Å². The molecule has 0 spiro atoms. The molecule has 0 atom stereocenters. The molecule has 2 heterocycles. The van der Waals surface area contributed by atoms with Crippen molar-refractivity contribution in [1.82, 2.24) is 14.5 Å². The number of amidine groups is 1. The molecule has 0 aromatic carbocycles. The number of nitrogens with two attached hydrogens (primary N) is 1. The predicted octanol–water partition coefficient (Wildman–Crippen LogP) is 0.670. The van der Waals surface area contributed by atoms with Gasteiger partial charge in [-0.05, 0) is 19.1 Å². The predicted molar refractivity (Wildman–Crippen MR) is 58.6 cm³/mol. The summed E-state index contributed by atoms with van der Waals surface area (Å²) in [7, 11) is 0. The van der Waals surface area contributed by atoms with Gasteiger partial charge in [0.25, 0.3) is 0 Å². The Morgan fingerprint density at radius 1 is 1.44 bits per heavy atom. The highest BCUT2D eigenvalue weighted by atomic mass is 16.4. The first-order valence-electron chi connectivity index (χ1n) is 4.66. The van der Waals surface area contributed by atoms with Crippen molar-refractivity contribution >= 4 is 5.84 Å². The van der Waals surface area contributed by atoms with Gasteiger partial charge in [-0.2, -0.15) is 0 Å². The van der Waals surface area contributed by atoms with E-state index in [0.29, 0.717) is 11.4 Å². The summed E-state index contributed by atoms with van der Waals surface area (Å²) in [6, 6.07) is 3.40. The van der Waals surface area contributed by atoms with E-state index in [9.17, 15) is 0 Å². The van der Waals surface area contributed by atoms with Crippen LogP contribution in [0.2, 0.25) is 0 Å². The second-order valence-electron chi connectivity index (χ2n) is 3.23. The lowest BCUT2D eigenvalue weighted by atomic mass is 10.2. The van der Waals surface area contributed by atoms with Crippen molar-refractivity contribution in [3.8, 4) is 5.82 Å². The zero-order valence-corrected chi connectivity index (χ0v) is 8.70. The summed E-state index contributed by atoms with van der Waals surface area (Å²) in [6.45, 7) is 1.87. The van der Waals surface area contributed by atoms with Crippen LogP contribution in [0.15, 0.2) is 35.9 Å². The molecule has 0 saturated heterocycles. The van der Waals surface area contributed by atoms with Gasteiger partial charge < -0.3 is 10.9 Å². The van der Waals surface area contributed by atoms with Gasteiger partial charge in [0.1, 0.15) is 11.6 Å². The Kier molecular flexibility index (Phi) is 2.55. The van der Waals surface area contributed by atoms with Gasteiger partial charge in [0.2, 0.25) is 0 Å². The fourth-order valence-corrected chi connectivity index (χ4v) is 1.39. The molecule has 2 aromatic heterocycles. The van der Waals surface area contributed by atoms with E-state index in [-0.39, 0.29) is 5.84 Å². The van der Waals surface area contributed by atoms with E-state index in [1.807, 2.05) is 11.5 Å². The Morgan fingerprint density at radius 3 is 2.88 bits per heavy atom. The standard InChI is InChI=1S/C10H11N5O/c1-7-12-4-5-15(7)9-6-8(2-3-13-9)10(11)14-16/h2-6,16H,1H3,(H2,11,14). The van der Waals surface area contributed by atoms with Crippen molar-refractivity contribution in [3.05, 3.63) is 42.1 Å². The number of nitrogens with zero attached hydrogens (tertiary/aromatic N) is 4. The molecule has 0 aliphatic rings. The Balaban J connectivity index is 2.48. The van der Waals surface area contributed by atoms with Crippen LogP contribution in [0.1, 0.15) is 11.4 Å². The van der Waals surface area contributed by atoms with Gasteiger partial charge in [0.05, 0.1) is 0 Å². The monoisotopic (exact) mass is 217 g/mol. The molecule has 0 saturated carbocycles. The minimum Gasteiger partial charge on any atom is -0.409 e.